The first-order chi connectivity index (χ1) is 9.85. The Morgan fingerprint density at radius 1 is 1.43 bits per heavy atom. The van der Waals surface area contributed by atoms with E-state index in [0.29, 0.717) is 12.2 Å². The summed E-state index contributed by atoms with van der Waals surface area (Å²) in [5, 5.41) is 20.1. The van der Waals surface area contributed by atoms with Gasteiger partial charge in [-0.25, -0.2) is 0 Å². The van der Waals surface area contributed by atoms with Crippen molar-refractivity contribution < 1.29 is 24.6 Å². The van der Waals surface area contributed by atoms with Gasteiger partial charge in [0.25, 0.3) is 5.88 Å². The molecule has 3 atom stereocenters. The normalized spacial score (nSPS) is 34.0. The van der Waals surface area contributed by atoms with E-state index in [1.54, 1.807) is 19.3 Å². The topological polar surface area (TPSA) is 63.4 Å². The van der Waals surface area contributed by atoms with Crippen LogP contribution in [-0.2, 0) is 9.47 Å². The summed E-state index contributed by atoms with van der Waals surface area (Å²) in [5.41, 5.74) is 1.18. The van der Waals surface area contributed by atoms with Gasteiger partial charge in [0.15, 0.2) is 0 Å². The van der Waals surface area contributed by atoms with Crippen molar-refractivity contribution in [3.05, 3.63) is 46.8 Å². The van der Waals surface area contributed by atoms with Crippen molar-refractivity contribution in [2.45, 2.75) is 38.0 Å². The fourth-order valence-corrected chi connectivity index (χ4v) is 3.18. The van der Waals surface area contributed by atoms with Crippen molar-refractivity contribution in [2.24, 2.45) is 0 Å². The van der Waals surface area contributed by atoms with Crippen LogP contribution in [-0.4, -0.2) is 42.1 Å². The van der Waals surface area contributed by atoms with E-state index in [2.05, 4.69) is 0 Å². The van der Waals surface area contributed by atoms with Crippen LogP contribution < -0.4 is 4.90 Å². The fraction of sp³-hybridized carbons (Fsp3) is 0.500. The predicted molar refractivity (Wildman–Crippen MR) is 77.4 cm³/mol. The molecule has 5 heteroatoms. The molecule has 2 heterocycles. The van der Waals surface area contributed by atoms with Gasteiger partial charge in [0.1, 0.15) is 23.2 Å². The van der Waals surface area contributed by atoms with E-state index < -0.39 is 11.7 Å². The zero-order valence-electron chi connectivity index (χ0n) is 12.8. The van der Waals surface area contributed by atoms with E-state index in [-0.39, 0.29) is 11.8 Å². The number of aliphatic hydroxyl groups excluding tert-OH is 2. The zero-order chi connectivity index (χ0) is 15.4. The SMILES string of the molecule is COC1=C2C=C(O)C=CC2[NH+](C)C2=C1CC(O)C(C)(C)O2. The lowest BCUT2D eigenvalue weighted by molar-refractivity contribution is -0.874. The number of nitrogens with one attached hydrogen (secondary N) is 1. The molecular weight excluding hydrogens is 270 g/mol. The maximum absolute atomic E-state index is 10.3. The molecule has 114 valence electrons. The second kappa shape index (κ2) is 4.64. The van der Waals surface area contributed by atoms with E-state index >= 15 is 0 Å². The second-order valence-corrected chi connectivity index (χ2v) is 6.31. The first-order valence-electron chi connectivity index (χ1n) is 7.16. The van der Waals surface area contributed by atoms with E-state index in [4.69, 9.17) is 9.47 Å². The Kier molecular flexibility index (Phi) is 3.15. The van der Waals surface area contributed by atoms with E-state index in [1.165, 1.54) is 0 Å². The number of rotatable bonds is 1. The lowest BCUT2D eigenvalue weighted by Gasteiger charge is -2.42. The standard InChI is InChI=1S/C16H21NO4/c1-16(2)13(19)8-11-14(20-4)10-7-9(18)5-6-12(10)17(3)15(11)21-16/h5-7,12-13,18-19H,8H2,1-4H3/p+1. The van der Waals surface area contributed by atoms with Crippen molar-refractivity contribution in [3.63, 3.8) is 0 Å². The third-order valence-electron chi connectivity index (χ3n) is 4.50. The van der Waals surface area contributed by atoms with Gasteiger partial charge in [0.2, 0.25) is 0 Å². The summed E-state index contributed by atoms with van der Waals surface area (Å²) < 4.78 is 11.6. The molecule has 3 aliphatic rings. The number of methoxy groups -OCH3 is 1. The van der Waals surface area contributed by atoms with Gasteiger partial charge in [-0.3, -0.25) is 4.90 Å². The summed E-state index contributed by atoms with van der Waals surface area (Å²) in [6, 6.07) is 0.0423. The Balaban J connectivity index is 2.15. The summed E-state index contributed by atoms with van der Waals surface area (Å²) in [4.78, 5) is 1.08. The predicted octanol–water partition coefficient (Wildman–Crippen LogP) is 0.567. The number of hydrogen-bond acceptors (Lipinski definition) is 4. The molecular formula is C16H22NO4+. The van der Waals surface area contributed by atoms with E-state index in [1.807, 2.05) is 27.0 Å². The minimum absolute atomic E-state index is 0.0423. The van der Waals surface area contributed by atoms with Crippen molar-refractivity contribution in [1.82, 2.24) is 0 Å². The molecule has 0 fully saturated rings. The lowest BCUT2D eigenvalue weighted by atomic mass is 9.85. The third kappa shape index (κ3) is 2.08. The van der Waals surface area contributed by atoms with Crippen molar-refractivity contribution in [3.8, 4) is 0 Å². The van der Waals surface area contributed by atoms with Gasteiger partial charge in [-0.2, -0.15) is 0 Å². The van der Waals surface area contributed by atoms with Gasteiger partial charge in [-0.15, -0.1) is 0 Å². The molecule has 3 rings (SSSR count). The van der Waals surface area contributed by atoms with Gasteiger partial charge in [-0.05, 0) is 32.1 Å². The van der Waals surface area contributed by atoms with Gasteiger partial charge in [0.05, 0.1) is 31.4 Å². The Morgan fingerprint density at radius 2 is 2.14 bits per heavy atom. The first kappa shape index (κ1) is 14.2. The number of allylic oxidation sites excluding steroid dienone is 2. The Labute approximate surface area is 124 Å². The number of hydrogen-bond donors (Lipinski definition) is 3. The smallest absolute Gasteiger partial charge is 0.298 e. The second-order valence-electron chi connectivity index (χ2n) is 6.31. The van der Waals surface area contributed by atoms with Gasteiger partial charge in [0, 0.05) is 6.42 Å². The number of likely N-dealkylation sites (N-methyl/N-ethyl adjacent to an activating group) is 1. The molecule has 5 nitrogen and oxygen atoms in total. The highest BCUT2D eigenvalue weighted by atomic mass is 16.5. The summed E-state index contributed by atoms with van der Waals surface area (Å²) in [5.74, 6) is 1.73. The Bertz CT molecular complexity index is 597. The summed E-state index contributed by atoms with van der Waals surface area (Å²) in [7, 11) is 3.64. The Hall–Kier alpha value is -1.72. The van der Waals surface area contributed by atoms with Crippen molar-refractivity contribution in [1.29, 1.82) is 0 Å². The largest absolute Gasteiger partial charge is 0.508 e. The number of aliphatic hydroxyl groups is 2. The van der Waals surface area contributed by atoms with Crippen molar-refractivity contribution >= 4 is 0 Å². The monoisotopic (exact) mass is 292 g/mol. The number of ether oxygens (including phenoxy) is 2. The maximum Gasteiger partial charge on any atom is 0.298 e. The summed E-state index contributed by atoms with van der Waals surface area (Å²) >= 11 is 0. The van der Waals surface area contributed by atoms with Crippen LogP contribution >= 0.6 is 0 Å². The first-order valence-corrected chi connectivity index (χ1v) is 7.16. The highest BCUT2D eigenvalue weighted by molar-refractivity contribution is 5.48. The molecule has 3 unspecified atom stereocenters. The molecule has 2 aliphatic heterocycles. The molecule has 0 aromatic carbocycles. The third-order valence-corrected chi connectivity index (χ3v) is 4.50. The fourth-order valence-electron chi connectivity index (χ4n) is 3.18. The average molecular weight is 292 g/mol. The van der Waals surface area contributed by atoms with Crippen LogP contribution in [0.1, 0.15) is 20.3 Å². The molecule has 0 spiro atoms. The van der Waals surface area contributed by atoms with Crippen molar-refractivity contribution in [2.75, 3.05) is 14.2 Å². The molecule has 0 aromatic rings. The van der Waals surface area contributed by atoms with Gasteiger partial charge >= 0.3 is 0 Å². The van der Waals surface area contributed by atoms with Crippen LogP contribution in [0.2, 0.25) is 0 Å². The van der Waals surface area contributed by atoms with E-state index in [0.717, 1.165) is 21.9 Å². The van der Waals surface area contributed by atoms with E-state index in [9.17, 15) is 10.2 Å². The van der Waals surface area contributed by atoms with Crippen LogP contribution in [0.25, 0.3) is 0 Å². The van der Waals surface area contributed by atoms with Crippen LogP contribution in [0.4, 0.5) is 0 Å². The molecule has 0 bridgehead atoms. The number of quaternary nitrogens is 1. The Morgan fingerprint density at radius 3 is 2.81 bits per heavy atom. The highest BCUT2D eigenvalue weighted by Crippen LogP contribution is 2.37. The molecule has 0 amide bonds. The average Bonchev–Trinajstić information content (AvgIpc) is 2.42. The molecule has 0 saturated carbocycles. The maximum atomic E-state index is 10.3. The molecule has 1 aliphatic carbocycles. The molecule has 0 saturated heterocycles. The minimum atomic E-state index is -0.618. The lowest BCUT2D eigenvalue weighted by Crippen LogP contribution is -3.12. The highest BCUT2D eigenvalue weighted by Gasteiger charge is 2.47. The van der Waals surface area contributed by atoms with Gasteiger partial charge < -0.3 is 19.7 Å². The summed E-state index contributed by atoms with van der Waals surface area (Å²) in [6.07, 6.45) is 5.26. The molecule has 21 heavy (non-hydrogen) atoms. The van der Waals surface area contributed by atoms with Gasteiger partial charge in [-0.1, -0.05) is 0 Å². The zero-order valence-corrected chi connectivity index (χ0v) is 12.8. The molecule has 0 aromatic heterocycles. The molecule has 0 radical (unpaired) electrons. The quantitative estimate of drug-likeness (QED) is 0.661. The van der Waals surface area contributed by atoms with Crippen LogP contribution in [0, 0.1) is 0 Å². The van der Waals surface area contributed by atoms with Crippen LogP contribution in [0.5, 0.6) is 0 Å². The number of fused-ring (bicyclic) bond motifs is 1. The van der Waals surface area contributed by atoms with Crippen LogP contribution in [0.3, 0.4) is 0 Å². The minimum Gasteiger partial charge on any atom is -0.508 e. The molecule has 3 N–H and O–H groups in total. The van der Waals surface area contributed by atoms with Crippen LogP contribution in [0.15, 0.2) is 46.8 Å². The summed E-state index contributed by atoms with van der Waals surface area (Å²) in [6.45, 7) is 3.78.